The predicted molar refractivity (Wildman–Crippen MR) is 57.1 cm³/mol. The molecule has 0 fully saturated rings. The molecule has 0 radical (unpaired) electrons. The summed E-state index contributed by atoms with van der Waals surface area (Å²) >= 11 is 8.86. The highest BCUT2D eigenvalue weighted by Gasteiger charge is 2.05. The Kier molecular flexibility index (Phi) is 3.75. The molecule has 4 heteroatoms. The van der Waals surface area contributed by atoms with Crippen LogP contribution in [0.3, 0.4) is 0 Å². The Morgan fingerprint density at radius 1 is 1.54 bits per heavy atom. The maximum absolute atomic E-state index is 10.9. The number of rotatable bonds is 3. The zero-order chi connectivity index (χ0) is 9.84. The molecule has 2 N–H and O–H groups in total. The molecule has 0 saturated heterocycles. The summed E-state index contributed by atoms with van der Waals surface area (Å²) in [7, 11) is 0. The molecule has 0 atom stereocenters. The number of primary amides is 1. The first-order valence-corrected chi connectivity index (χ1v) is 5.12. The molecule has 1 aromatic carbocycles. The van der Waals surface area contributed by atoms with Gasteiger partial charge in [0.2, 0.25) is 5.91 Å². The van der Waals surface area contributed by atoms with E-state index in [1.165, 1.54) is 0 Å². The van der Waals surface area contributed by atoms with Gasteiger partial charge in [0.15, 0.2) is 0 Å². The van der Waals surface area contributed by atoms with Gasteiger partial charge in [-0.3, -0.25) is 4.79 Å². The zero-order valence-electron chi connectivity index (χ0n) is 6.89. The first kappa shape index (κ1) is 10.5. The molecule has 0 aromatic heterocycles. The lowest BCUT2D eigenvalue weighted by molar-refractivity contribution is 0.0999. The normalized spacial score (nSPS) is 10.0. The SMILES string of the molecule is NC(=O)c1ccc(CCCl)cc1Br. The van der Waals surface area contributed by atoms with Crippen molar-refractivity contribution in [2.75, 3.05) is 5.88 Å². The highest BCUT2D eigenvalue weighted by Crippen LogP contribution is 2.18. The van der Waals surface area contributed by atoms with E-state index in [-0.39, 0.29) is 0 Å². The van der Waals surface area contributed by atoms with Crippen LogP contribution in [0.2, 0.25) is 0 Å². The number of aryl methyl sites for hydroxylation is 1. The Bertz CT molecular complexity index is 327. The van der Waals surface area contributed by atoms with Gasteiger partial charge in [0, 0.05) is 10.4 Å². The molecule has 1 rings (SSSR count). The lowest BCUT2D eigenvalue weighted by atomic mass is 10.1. The molecule has 0 aliphatic heterocycles. The third-order valence-electron chi connectivity index (χ3n) is 1.68. The van der Waals surface area contributed by atoms with E-state index >= 15 is 0 Å². The van der Waals surface area contributed by atoms with E-state index in [0.29, 0.717) is 11.4 Å². The highest BCUT2D eigenvalue weighted by atomic mass is 79.9. The summed E-state index contributed by atoms with van der Waals surface area (Å²) < 4.78 is 0.725. The standard InChI is InChI=1S/C9H9BrClNO/c10-8-5-6(3-4-11)1-2-7(8)9(12)13/h1-2,5H,3-4H2,(H2,12,13). The van der Waals surface area contributed by atoms with E-state index in [9.17, 15) is 4.79 Å². The Morgan fingerprint density at radius 3 is 2.69 bits per heavy atom. The van der Waals surface area contributed by atoms with Crippen molar-refractivity contribution in [1.82, 2.24) is 0 Å². The van der Waals surface area contributed by atoms with Gasteiger partial charge in [-0.05, 0) is 40.0 Å². The molecule has 0 aliphatic rings. The number of hydrogen-bond donors (Lipinski definition) is 1. The minimum Gasteiger partial charge on any atom is -0.366 e. The number of nitrogens with two attached hydrogens (primary N) is 1. The summed E-state index contributed by atoms with van der Waals surface area (Å²) in [6, 6.07) is 5.42. The monoisotopic (exact) mass is 261 g/mol. The Hall–Kier alpha value is -0.540. The van der Waals surface area contributed by atoms with Crippen molar-refractivity contribution in [3.63, 3.8) is 0 Å². The number of amides is 1. The smallest absolute Gasteiger partial charge is 0.249 e. The maximum atomic E-state index is 10.9. The molecule has 13 heavy (non-hydrogen) atoms. The van der Waals surface area contributed by atoms with Crippen LogP contribution in [0.5, 0.6) is 0 Å². The van der Waals surface area contributed by atoms with Crippen molar-refractivity contribution in [3.8, 4) is 0 Å². The quantitative estimate of drug-likeness (QED) is 0.835. The lowest BCUT2D eigenvalue weighted by Crippen LogP contribution is -2.11. The van der Waals surface area contributed by atoms with Gasteiger partial charge in [-0.2, -0.15) is 0 Å². The molecule has 1 amide bonds. The van der Waals surface area contributed by atoms with Crippen LogP contribution in [0, 0.1) is 0 Å². The number of hydrogen-bond acceptors (Lipinski definition) is 1. The van der Waals surface area contributed by atoms with Crippen LogP contribution in [-0.2, 0) is 6.42 Å². The first-order valence-electron chi connectivity index (χ1n) is 3.79. The second-order valence-corrected chi connectivity index (χ2v) is 3.85. The number of carbonyl (C=O) groups excluding carboxylic acids is 1. The second kappa shape index (κ2) is 4.63. The van der Waals surface area contributed by atoms with Crippen LogP contribution in [0.25, 0.3) is 0 Å². The summed E-state index contributed by atoms with van der Waals surface area (Å²) in [6.07, 6.45) is 0.791. The van der Waals surface area contributed by atoms with Gasteiger partial charge in [-0.1, -0.05) is 6.07 Å². The van der Waals surface area contributed by atoms with E-state index in [1.807, 2.05) is 12.1 Å². The third kappa shape index (κ3) is 2.71. The molecule has 0 unspecified atom stereocenters. The van der Waals surface area contributed by atoms with E-state index in [0.717, 1.165) is 16.5 Å². The van der Waals surface area contributed by atoms with Crippen molar-refractivity contribution < 1.29 is 4.79 Å². The van der Waals surface area contributed by atoms with Gasteiger partial charge in [-0.15, -0.1) is 11.6 Å². The van der Waals surface area contributed by atoms with E-state index in [4.69, 9.17) is 17.3 Å². The van der Waals surface area contributed by atoms with Crippen molar-refractivity contribution in [2.45, 2.75) is 6.42 Å². The van der Waals surface area contributed by atoms with Crippen LogP contribution >= 0.6 is 27.5 Å². The van der Waals surface area contributed by atoms with Gasteiger partial charge in [-0.25, -0.2) is 0 Å². The summed E-state index contributed by atoms with van der Waals surface area (Å²) in [6.45, 7) is 0. The molecule has 0 heterocycles. The van der Waals surface area contributed by atoms with Crippen molar-refractivity contribution in [3.05, 3.63) is 33.8 Å². The summed E-state index contributed by atoms with van der Waals surface area (Å²) in [5.41, 5.74) is 6.73. The number of carbonyl (C=O) groups is 1. The second-order valence-electron chi connectivity index (χ2n) is 2.62. The molecule has 1 aromatic rings. The molecular weight excluding hydrogens is 253 g/mol. The summed E-state index contributed by atoms with van der Waals surface area (Å²) in [4.78, 5) is 10.9. The van der Waals surface area contributed by atoms with Crippen LogP contribution in [0.4, 0.5) is 0 Å². The fourth-order valence-corrected chi connectivity index (χ4v) is 1.86. The van der Waals surface area contributed by atoms with Gasteiger partial charge >= 0.3 is 0 Å². The predicted octanol–water partition coefficient (Wildman–Crippen LogP) is 2.33. The number of benzene rings is 1. The average molecular weight is 263 g/mol. The molecule has 0 saturated carbocycles. The van der Waals surface area contributed by atoms with Gasteiger partial charge in [0.1, 0.15) is 0 Å². The van der Waals surface area contributed by atoms with Crippen molar-refractivity contribution in [1.29, 1.82) is 0 Å². The Labute approximate surface area is 90.2 Å². The average Bonchev–Trinajstić information content (AvgIpc) is 2.04. The maximum Gasteiger partial charge on any atom is 0.249 e. The molecule has 70 valence electrons. The first-order chi connectivity index (χ1) is 6.15. The van der Waals surface area contributed by atoms with Crippen LogP contribution in [0.1, 0.15) is 15.9 Å². The summed E-state index contributed by atoms with van der Waals surface area (Å²) in [5, 5.41) is 0. The minimum atomic E-state index is -0.427. The summed E-state index contributed by atoms with van der Waals surface area (Å²) in [5.74, 6) is 0.145. The highest BCUT2D eigenvalue weighted by molar-refractivity contribution is 9.10. The largest absolute Gasteiger partial charge is 0.366 e. The van der Waals surface area contributed by atoms with Crippen LogP contribution in [0.15, 0.2) is 22.7 Å². The number of alkyl halides is 1. The number of halogens is 2. The molecule has 2 nitrogen and oxygen atoms in total. The lowest BCUT2D eigenvalue weighted by Gasteiger charge is -2.02. The molecule has 0 aliphatic carbocycles. The molecule has 0 bridgehead atoms. The minimum absolute atomic E-state index is 0.427. The van der Waals surface area contributed by atoms with Crippen LogP contribution < -0.4 is 5.73 Å². The van der Waals surface area contributed by atoms with Gasteiger partial charge in [0.05, 0.1) is 5.56 Å². The zero-order valence-corrected chi connectivity index (χ0v) is 9.23. The van der Waals surface area contributed by atoms with Crippen molar-refractivity contribution in [2.24, 2.45) is 5.73 Å². The Balaban J connectivity index is 2.98. The van der Waals surface area contributed by atoms with E-state index in [1.54, 1.807) is 6.07 Å². The topological polar surface area (TPSA) is 43.1 Å². The molecule has 0 spiro atoms. The van der Waals surface area contributed by atoms with Gasteiger partial charge < -0.3 is 5.73 Å². The van der Waals surface area contributed by atoms with Crippen LogP contribution in [-0.4, -0.2) is 11.8 Å². The fourth-order valence-electron chi connectivity index (χ4n) is 1.02. The fraction of sp³-hybridized carbons (Fsp3) is 0.222. The van der Waals surface area contributed by atoms with Gasteiger partial charge in [0.25, 0.3) is 0 Å². The third-order valence-corrected chi connectivity index (χ3v) is 2.53. The Morgan fingerprint density at radius 2 is 2.23 bits per heavy atom. The molecular formula is C9H9BrClNO. The van der Waals surface area contributed by atoms with E-state index in [2.05, 4.69) is 15.9 Å². The van der Waals surface area contributed by atoms with Crippen molar-refractivity contribution >= 4 is 33.4 Å². The van der Waals surface area contributed by atoms with E-state index < -0.39 is 5.91 Å².